The van der Waals surface area contributed by atoms with Gasteiger partial charge < -0.3 is 10.1 Å². The normalized spacial score (nSPS) is 10.2. The summed E-state index contributed by atoms with van der Waals surface area (Å²) in [5, 5.41) is 3.05. The van der Waals surface area contributed by atoms with Gasteiger partial charge in [-0.25, -0.2) is 8.78 Å². The van der Waals surface area contributed by atoms with Crippen molar-refractivity contribution in [3.63, 3.8) is 0 Å². The molecule has 0 unspecified atom stereocenters. The molecule has 0 saturated heterocycles. The van der Waals surface area contributed by atoms with Gasteiger partial charge in [0, 0.05) is 16.8 Å². The highest BCUT2D eigenvalue weighted by molar-refractivity contribution is 6.30. The average Bonchev–Trinajstić information content (AvgIpc) is 2.45. The van der Waals surface area contributed by atoms with Crippen LogP contribution in [0.5, 0.6) is 5.75 Å². The Balaban J connectivity index is 1.79. The standard InChI is InChI=1S/C15H12ClF2NO2/c16-10-1-4-12(5-2-10)21-8-7-15(20)19-11-3-6-13(17)14(18)9-11/h1-6,9H,7-8H2,(H,19,20). The van der Waals surface area contributed by atoms with Crippen molar-refractivity contribution in [1.82, 2.24) is 0 Å². The molecule has 2 rings (SSSR count). The fourth-order valence-electron chi connectivity index (χ4n) is 1.59. The number of ether oxygens (including phenoxy) is 1. The van der Waals surface area contributed by atoms with Crippen LogP contribution in [0.2, 0.25) is 5.02 Å². The lowest BCUT2D eigenvalue weighted by atomic mass is 10.3. The summed E-state index contributed by atoms with van der Waals surface area (Å²) in [5.41, 5.74) is 0.199. The van der Waals surface area contributed by atoms with E-state index in [2.05, 4.69) is 5.32 Å². The van der Waals surface area contributed by atoms with Crippen LogP contribution in [0.3, 0.4) is 0 Å². The number of halogens is 3. The number of nitrogens with one attached hydrogen (secondary N) is 1. The Morgan fingerprint density at radius 1 is 1.10 bits per heavy atom. The fraction of sp³-hybridized carbons (Fsp3) is 0.133. The Bertz CT molecular complexity index is 632. The summed E-state index contributed by atoms with van der Waals surface area (Å²) in [7, 11) is 0. The molecule has 0 aromatic heterocycles. The molecule has 1 N–H and O–H groups in total. The fourth-order valence-corrected chi connectivity index (χ4v) is 1.72. The van der Waals surface area contributed by atoms with Gasteiger partial charge in [0.1, 0.15) is 5.75 Å². The van der Waals surface area contributed by atoms with Gasteiger partial charge in [0.15, 0.2) is 11.6 Å². The minimum atomic E-state index is -1.01. The van der Waals surface area contributed by atoms with Crippen molar-refractivity contribution in [2.75, 3.05) is 11.9 Å². The first kappa shape index (κ1) is 15.3. The molecule has 0 radical (unpaired) electrons. The molecule has 0 aliphatic heterocycles. The SMILES string of the molecule is O=C(CCOc1ccc(Cl)cc1)Nc1ccc(F)c(F)c1. The van der Waals surface area contributed by atoms with E-state index in [1.165, 1.54) is 6.07 Å². The minimum Gasteiger partial charge on any atom is -0.493 e. The summed E-state index contributed by atoms with van der Waals surface area (Å²) >= 11 is 5.73. The number of hydrogen-bond donors (Lipinski definition) is 1. The Hall–Kier alpha value is -2.14. The van der Waals surface area contributed by atoms with Gasteiger partial charge in [0.2, 0.25) is 5.91 Å². The van der Waals surface area contributed by atoms with E-state index in [-0.39, 0.29) is 24.6 Å². The molecular formula is C15H12ClF2NO2. The van der Waals surface area contributed by atoms with Crippen molar-refractivity contribution < 1.29 is 18.3 Å². The topological polar surface area (TPSA) is 38.3 Å². The molecule has 0 aliphatic carbocycles. The predicted molar refractivity (Wildman–Crippen MR) is 76.6 cm³/mol. The lowest BCUT2D eigenvalue weighted by Crippen LogP contribution is -2.15. The second-order valence-electron chi connectivity index (χ2n) is 4.23. The van der Waals surface area contributed by atoms with Gasteiger partial charge in [0.05, 0.1) is 13.0 Å². The summed E-state index contributed by atoms with van der Waals surface area (Å²) in [4.78, 5) is 11.6. The third-order valence-electron chi connectivity index (χ3n) is 2.61. The van der Waals surface area contributed by atoms with E-state index in [1.54, 1.807) is 24.3 Å². The van der Waals surface area contributed by atoms with Crippen LogP contribution in [0.25, 0.3) is 0 Å². The zero-order valence-corrected chi connectivity index (χ0v) is 11.7. The molecule has 21 heavy (non-hydrogen) atoms. The molecule has 0 aliphatic rings. The Labute approximate surface area is 125 Å². The van der Waals surface area contributed by atoms with Crippen LogP contribution < -0.4 is 10.1 Å². The van der Waals surface area contributed by atoms with Crippen molar-refractivity contribution >= 4 is 23.2 Å². The van der Waals surface area contributed by atoms with Crippen molar-refractivity contribution in [2.45, 2.75) is 6.42 Å². The number of benzene rings is 2. The van der Waals surface area contributed by atoms with Crippen LogP contribution in [-0.2, 0) is 4.79 Å². The first-order valence-corrected chi connectivity index (χ1v) is 6.55. The Morgan fingerprint density at radius 2 is 1.81 bits per heavy atom. The van der Waals surface area contributed by atoms with Crippen LogP contribution in [0.15, 0.2) is 42.5 Å². The first-order chi connectivity index (χ1) is 10.0. The second-order valence-corrected chi connectivity index (χ2v) is 4.67. The summed E-state index contributed by atoms with van der Waals surface area (Å²) in [5.74, 6) is -1.72. The number of amides is 1. The molecule has 0 bridgehead atoms. The molecule has 2 aromatic carbocycles. The number of carbonyl (C=O) groups excluding carboxylic acids is 1. The lowest BCUT2D eigenvalue weighted by Gasteiger charge is -2.07. The van der Waals surface area contributed by atoms with E-state index in [1.807, 2.05) is 0 Å². The van der Waals surface area contributed by atoms with Crippen LogP contribution in [0, 0.1) is 11.6 Å². The third kappa shape index (κ3) is 4.72. The Kier molecular flexibility index (Phi) is 5.11. The van der Waals surface area contributed by atoms with E-state index >= 15 is 0 Å². The van der Waals surface area contributed by atoms with Crippen LogP contribution >= 0.6 is 11.6 Å². The molecule has 1 amide bonds. The van der Waals surface area contributed by atoms with E-state index in [4.69, 9.17) is 16.3 Å². The zero-order valence-electron chi connectivity index (χ0n) is 10.9. The Morgan fingerprint density at radius 3 is 2.48 bits per heavy atom. The number of hydrogen-bond acceptors (Lipinski definition) is 2. The highest BCUT2D eigenvalue weighted by Gasteiger charge is 2.06. The van der Waals surface area contributed by atoms with Gasteiger partial charge in [-0.15, -0.1) is 0 Å². The highest BCUT2D eigenvalue weighted by Crippen LogP contribution is 2.16. The average molecular weight is 312 g/mol. The van der Waals surface area contributed by atoms with Gasteiger partial charge in [0.25, 0.3) is 0 Å². The van der Waals surface area contributed by atoms with Crippen molar-refractivity contribution in [1.29, 1.82) is 0 Å². The molecule has 0 heterocycles. The molecule has 6 heteroatoms. The minimum absolute atomic E-state index is 0.0849. The zero-order chi connectivity index (χ0) is 15.2. The van der Waals surface area contributed by atoms with E-state index in [0.717, 1.165) is 12.1 Å². The van der Waals surface area contributed by atoms with Crippen LogP contribution in [-0.4, -0.2) is 12.5 Å². The van der Waals surface area contributed by atoms with Crippen molar-refractivity contribution in [3.8, 4) is 5.75 Å². The quantitative estimate of drug-likeness (QED) is 0.905. The molecule has 0 spiro atoms. The van der Waals surface area contributed by atoms with E-state index in [9.17, 15) is 13.6 Å². The second kappa shape index (κ2) is 7.04. The molecule has 0 saturated carbocycles. The lowest BCUT2D eigenvalue weighted by molar-refractivity contribution is -0.116. The predicted octanol–water partition coefficient (Wildman–Crippen LogP) is 4.03. The summed E-state index contributed by atoms with van der Waals surface area (Å²) in [6.07, 6.45) is 0.0849. The largest absolute Gasteiger partial charge is 0.493 e. The molecule has 3 nitrogen and oxygen atoms in total. The highest BCUT2D eigenvalue weighted by atomic mass is 35.5. The molecule has 110 valence electrons. The van der Waals surface area contributed by atoms with Gasteiger partial charge in [-0.2, -0.15) is 0 Å². The van der Waals surface area contributed by atoms with Gasteiger partial charge in [-0.3, -0.25) is 4.79 Å². The first-order valence-electron chi connectivity index (χ1n) is 6.18. The summed E-state index contributed by atoms with van der Waals surface area (Å²) < 4.78 is 31.1. The number of carbonyl (C=O) groups is 1. The van der Waals surface area contributed by atoms with Gasteiger partial charge in [-0.05, 0) is 36.4 Å². The van der Waals surface area contributed by atoms with E-state index < -0.39 is 11.6 Å². The molecular weight excluding hydrogens is 300 g/mol. The smallest absolute Gasteiger partial charge is 0.227 e. The van der Waals surface area contributed by atoms with Gasteiger partial charge >= 0.3 is 0 Å². The van der Waals surface area contributed by atoms with Crippen molar-refractivity contribution in [2.24, 2.45) is 0 Å². The summed E-state index contributed by atoms with van der Waals surface area (Å²) in [6, 6.07) is 9.90. The maximum Gasteiger partial charge on any atom is 0.227 e. The maximum absolute atomic E-state index is 13.0. The number of rotatable bonds is 5. The monoisotopic (exact) mass is 311 g/mol. The van der Waals surface area contributed by atoms with E-state index in [0.29, 0.717) is 10.8 Å². The summed E-state index contributed by atoms with van der Waals surface area (Å²) in [6.45, 7) is 0.164. The molecule has 0 fully saturated rings. The molecule has 0 atom stereocenters. The van der Waals surface area contributed by atoms with Crippen LogP contribution in [0.4, 0.5) is 14.5 Å². The maximum atomic E-state index is 13.0. The van der Waals surface area contributed by atoms with Gasteiger partial charge in [-0.1, -0.05) is 11.6 Å². The van der Waals surface area contributed by atoms with Crippen molar-refractivity contribution in [3.05, 3.63) is 59.1 Å². The molecule has 2 aromatic rings. The number of anilines is 1. The third-order valence-corrected chi connectivity index (χ3v) is 2.87. The van der Waals surface area contributed by atoms with Crippen LogP contribution in [0.1, 0.15) is 6.42 Å².